The molecule has 0 aliphatic rings. The van der Waals surface area contributed by atoms with E-state index in [9.17, 15) is 13.2 Å². The van der Waals surface area contributed by atoms with Crippen molar-refractivity contribution in [2.75, 3.05) is 10.0 Å². The summed E-state index contributed by atoms with van der Waals surface area (Å²) in [5.41, 5.74) is 4.03. The first-order valence-electron chi connectivity index (χ1n) is 10.4. The summed E-state index contributed by atoms with van der Waals surface area (Å²) in [6.07, 6.45) is -0.173. The maximum absolute atomic E-state index is 12.7. The minimum absolute atomic E-state index is 0.107. The van der Waals surface area contributed by atoms with Gasteiger partial charge in [-0.1, -0.05) is 31.2 Å². The van der Waals surface area contributed by atoms with Crippen molar-refractivity contribution in [1.82, 2.24) is 0 Å². The molecule has 3 aromatic carbocycles. The Labute approximate surface area is 189 Å². The molecule has 0 heterocycles. The zero-order valence-electron chi connectivity index (χ0n) is 18.7. The summed E-state index contributed by atoms with van der Waals surface area (Å²) in [6, 6.07) is 18.9. The average molecular weight is 453 g/mol. The largest absolute Gasteiger partial charge is 0.480 e. The molecule has 0 aliphatic carbocycles. The van der Waals surface area contributed by atoms with E-state index in [0.29, 0.717) is 23.5 Å². The minimum atomic E-state index is -3.73. The topological polar surface area (TPSA) is 84.5 Å². The third-order valence-electron chi connectivity index (χ3n) is 5.19. The van der Waals surface area contributed by atoms with Crippen LogP contribution in [0.25, 0.3) is 0 Å². The van der Waals surface area contributed by atoms with Crippen LogP contribution in [-0.4, -0.2) is 20.4 Å². The van der Waals surface area contributed by atoms with E-state index in [-0.39, 0.29) is 10.8 Å². The van der Waals surface area contributed by atoms with E-state index < -0.39 is 16.1 Å². The number of hydrogen-bond donors (Lipinski definition) is 2. The first kappa shape index (κ1) is 23.3. The molecule has 0 fully saturated rings. The SMILES string of the molecule is CC[C@H](Oc1cccc(C)c1C)C(=O)Nc1ccc(S(=O)(=O)Nc2cccc(C)c2)cc1. The lowest BCUT2D eigenvalue weighted by Crippen LogP contribution is -2.32. The second-order valence-corrected chi connectivity index (χ2v) is 9.38. The number of aryl methyl sites for hydroxylation is 2. The van der Waals surface area contributed by atoms with Gasteiger partial charge in [0.1, 0.15) is 5.75 Å². The lowest BCUT2D eigenvalue weighted by Gasteiger charge is -2.19. The number of carbonyl (C=O) groups excluding carboxylic acids is 1. The van der Waals surface area contributed by atoms with E-state index >= 15 is 0 Å². The van der Waals surface area contributed by atoms with Gasteiger partial charge in [0.2, 0.25) is 0 Å². The summed E-state index contributed by atoms with van der Waals surface area (Å²) in [7, 11) is -3.73. The Balaban J connectivity index is 1.68. The van der Waals surface area contributed by atoms with Crippen LogP contribution in [0, 0.1) is 20.8 Å². The molecule has 168 valence electrons. The zero-order chi connectivity index (χ0) is 23.3. The van der Waals surface area contributed by atoms with E-state index in [1.807, 2.05) is 52.0 Å². The maximum atomic E-state index is 12.7. The molecular weight excluding hydrogens is 424 g/mol. The van der Waals surface area contributed by atoms with Crippen molar-refractivity contribution in [2.45, 2.75) is 45.1 Å². The summed E-state index contributed by atoms with van der Waals surface area (Å²) in [5, 5.41) is 2.80. The Morgan fingerprint density at radius 1 is 0.938 bits per heavy atom. The van der Waals surface area contributed by atoms with Crippen molar-refractivity contribution in [2.24, 2.45) is 0 Å². The smallest absolute Gasteiger partial charge is 0.265 e. The Morgan fingerprint density at radius 3 is 2.28 bits per heavy atom. The quantitative estimate of drug-likeness (QED) is 0.491. The first-order chi connectivity index (χ1) is 15.2. The van der Waals surface area contributed by atoms with Gasteiger partial charge in [0.05, 0.1) is 4.90 Å². The zero-order valence-corrected chi connectivity index (χ0v) is 19.5. The molecule has 2 N–H and O–H groups in total. The van der Waals surface area contributed by atoms with Crippen molar-refractivity contribution in [1.29, 1.82) is 0 Å². The number of amides is 1. The van der Waals surface area contributed by atoms with Crippen LogP contribution in [0.1, 0.15) is 30.0 Å². The van der Waals surface area contributed by atoms with Gasteiger partial charge in [-0.25, -0.2) is 8.42 Å². The Hall–Kier alpha value is -3.32. The molecule has 0 aromatic heterocycles. The molecule has 32 heavy (non-hydrogen) atoms. The van der Waals surface area contributed by atoms with E-state index in [1.54, 1.807) is 30.3 Å². The predicted molar refractivity (Wildman–Crippen MR) is 128 cm³/mol. The summed E-state index contributed by atoms with van der Waals surface area (Å²) in [6.45, 7) is 7.72. The van der Waals surface area contributed by atoms with E-state index in [1.165, 1.54) is 12.1 Å². The minimum Gasteiger partial charge on any atom is -0.480 e. The van der Waals surface area contributed by atoms with E-state index in [4.69, 9.17) is 4.74 Å². The third kappa shape index (κ3) is 5.68. The molecule has 0 saturated heterocycles. The first-order valence-corrected chi connectivity index (χ1v) is 11.9. The Kier molecular flexibility index (Phi) is 7.20. The highest BCUT2D eigenvalue weighted by molar-refractivity contribution is 7.92. The highest BCUT2D eigenvalue weighted by Crippen LogP contribution is 2.23. The van der Waals surface area contributed by atoms with Crippen LogP contribution in [0.4, 0.5) is 11.4 Å². The fourth-order valence-corrected chi connectivity index (χ4v) is 4.24. The number of rotatable bonds is 8. The van der Waals surface area contributed by atoms with Gasteiger partial charge in [0.15, 0.2) is 6.10 Å². The monoisotopic (exact) mass is 452 g/mol. The molecule has 0 unspecified atom stereocenters. The van der Waals surface area contributed by atoms with Gasteiger partial charge < -0.3 is 10.1 Å². The highest BCUT2D eigenvalue weighted by atomic mass is 32.2. The number of carbonyl (C=O) groups is 1. The van der Waals surface area contributed by atoms with Crippen LogP contribution < -0.4 is 14.8 Å². The maximum Gasteiger partial charge on any atom is 0.265 e. The predicted octanol–water partition coefficient (Wildman–Crippen LogP) is 5.21. The molecule has 0 spiro atoms. The number of anilines is 2. The number of nitrogens with one attached hydrogen (secondary N) is 2. The van der Waals surface area contributed by atoms with Gasteiger partial charge in [0, 0.05) is 11.4 Å². The Bertz CT molecular complexity index is 1200. The van der Waals surface area contributed by atoms with Gasteiger partial charge in [0.25, 0.3) is 15.9 Å². The fourth-order valence-electron chi connectivity index (χ4n) is 3.19. The van der Waals surface area contributed by atoms with Gasteiger partial charge in [-0.2, -0.15) is 0 Å². The van der Waals surface area contributed by atoms with Crippen LogP contribution in [0.15, 0.2) is 71.6 Å². The van der Waals surface area contributed by atoms with Gasteiger partial charge in [-0.05, 0) is 86.3 Å². The van der Waals surface area contributed by atoms with Crippen LogP contribution in [-0.2, 0) is 14.8 Å². The molecule has 1 amide bonds. The second kappa shape index (κ2) is 9.87. The van der Waals surface area contributed by atoms with Crippen LogP contribution in [0.5, 0.6) is 5.75 Å². The van der Waals surface area contributed by atoms with Crippen molar-refractivity contribution in [3.8, 4) is 5.75 Å². The number of benzene rings is 3. The average Bonchev–Trinajstić information content (AvgIpc) is 2.75. The fraction of sp³-hybridized carbons (Fsp3) is 0.240. The number of sulfonamides is 1. The summed E-state index contributed by atoms with van der Waals surface area (Å²) < 4.78 is 33.8. The number of ether oxygens (including phenoxy) is 1. The van der Waals surface area contributed by atoms with Crippen LogP contribution in [0.3, 0.4) is 0 Å². The van der Waals surface area contributed by atoms with Gasteiger partial charge >= 0.3 is 0 Å². The molecule has 1 atom stereocenters. The van der Waals surface area contributed by atoms with E-state index in [0.717, 1.165) is 16.7 Å². The van der Waals surface area contributed by atoms with Crippen molar-refractivity contribution >= 4 is 27.3 Å². The van der Waals surface area contributed by atoms with Crippen LogP contribution >= 0.6 is 0 Å². The van der Waals surface area contributed by atoms with Gasteiger partial charge in [-0.3, -0.25) is 9.52 Å². The van der Waals surface area contributed by atoms with Crippen molar-refractivity contribution < 1.29 is 17.9 Å². The molecule has 6 nitrogen and oxygen atoms in total. The lowest BCUT2D eigenvalue weighted by molar-refractivity contribution is -0.122. The molecule has 7 heteroatoms. The normalized spacial score (nSPS) is 12.1. The molecule has 0 radical (unpaired) electrons. The molecule has 0 saturated carbocycles. The van der Waals surface area contributed by atoms with Crippen LogP contribution in [0.2, 0.25) is 0 Å². The summed E-state index contributed by atoms with van der Waals surface area (Å²) in [4.78, 5) is 12.8. The summed E-state index contributed by atoms with van der Waals surface area (Å²) in [5.74, 6) is 0.387. The third-order valence-corrected chi connectivity index (χ3v) is 6.59. The standard InChI is InChI=1S/C25H28N2O4S/c1-5-23(31-24-11-7-9-18(3)19(24)4)25(28)26-20-12-14-22(15-13-20)32(29,30)27-21-10-6-8-17(2)16-21/h6-16,23,27H,5H2,1-4H3,(H,26,28)/t23-/m0/s1. The van der Waals surface area contributed by atoms with Crippen molar-refractivity contribution in [3.05, 3.63) is 83.4 Å². The Morgan fingerprint density at radius 2 is 1.62 bits per heavy atom. The highest BCUT2D eigenvalue weighted by Gasteiger charge is 2.20. The molecule has 3 rings (SSSR count). The molecule has 0 aliphatic heterocycles. The molecule has 0 bridgehead atoms. The lowest BCUT2D eigenvalue weighted by atomic mass is 10.1. The molecule has 3 aromatic rings. The second-order valence-electron chi connectivity index (χ2n) is 7.70. The molecular formula is C25H28N2O4S. The van der Waals surface area contributed by atoms with Gasteiger partial charge in [-0.15, -0.1) is 0 Å². The van der Waals surface area contributed by atoms with Crippen molar-refractivity contribution in [3.63, 3.8) is 0 Å². The summed E-state index contributed by atoms with van der Waals surface area (Å²) >= 11 is 0. The van der Waals surface area contributed by atoms with E-state index in [2.05, 4.69) is 10.0 Å². The number of hydrogen-bond acceptors (Lipinski definition) is 4.